The van der Waals surface area contributed by atoms with Crippen molar-refractivity contribution in [1.29, 1.82) is 0 Å². The largest absolute Gasteiger partial charge is 0.398 e. The number of hydrogen-bond acceptors (Lipinski definition) is 3. The van der Waals surface area contributed by atoms with E-state index in [2.05, 4.69) is 10.2 Å². The highest BCUT2D eigenvalue weighted by Gasteiger charge is 2.11. The standard InChI is InChI=1S/C11H14N4/c1-7-5-4-6-9(10(7)12)11-14-13-8(2)15(11)3/h4-6H,12H2,1-3H3. The van der Waals surface area contributed by atoms with Crippen LogP contribution >= 0.6 is 0 Å². The Kier molecular flexibility index (Phi) is 2.19. The van der Waals surface area contributed by atoms with Crippen LogP contribution in [0, 0.1) is 13.8 Å². The third-order valence-corrected chi connectivity index (χ3v) is 2.66. The summed E-state index contributed by atoms with van der Waals surface area (Å²) in [5, 5.41) is 8.14. The van der Waals surface area contributed by atoms with Gasteiger partial charge in [0, 0.05) is 18.3 Å². The van der Waals surface area contributed by atoms with Crippen molar-refractivity contribution in [2.75, 3.05) is 5.73 Å². The second kappa shape index (κ2) is 3.38. The first-order chi connectivity index (χ1) is 7.11. The smallest absolute Gasteiger partial charge is 0.165 e. The van der Waals surface area contributed by atoms with Crippen molar-refractivity contribution >= 4 is 5.69 Å². The maximum atomic E-state index is 6.01. The van der Waals surface area contributed by atoms with E-state index in [-0.39, 0.29) is 0 Å². The van der Waals surface area contributed by atoms with Crippen molar-refractivity contribution < 1.29 is 0 Å². The molecule has 2 aromatic rings. The number of anilines is 1. The molecule has 0 bridgehead atoms. The molecule has 4 heteroatoms. The average Bonchev–Trinajstić information content (AvgIpc) is 2.53. The highest BCUT2D eigenvalue weighted by atomic mass is 15.3. The van der Waals surface area contributed by atoms with Crippen LogP contribution in [-0.4, -0.2) is 14.8 Å². The number of nitrogens with two attached hydrogens (primary N) is 1. The first-order valence-corrected chi connectivity index (χ1v) is 4.82. The molecule has 0 saturated carbocycles. The van der Waals surface area contributed by atoms with Gasteiger partial charge < -0.3 is 10.3 Å². The Morgan fingerprint density at radius 2 is 1.93 bits per heavy atom. The van der Waals surface area contributed by atoms with Crippen molar-refractivity contribution in [2.24, 2.45) is 7.05 Å². The highest BCUT2D eigenvalue weighted by molar-refractivity contribution is 5.74. The molecule has 0 spiro atoms. The number of para-hydroxylation sites is 1. The van der Waals surface area contributed by atoms with E-state index in [0.29, 0.717) is 0 Å². The minimum Gasteiger partial charge on any atom is -0.398 e. The van der Waals surface area contributed by atoms with Crippen LogP contribution in [0.5, 0.6) is 0 Å². The molecule has 4 nitrogen and oxygen atoms in total. The molecule has 0 radical (unpaired) electrons. The minimum atomic E-state index is 0.771. The molecule has 1 aromatic carbocycles. The van der Waals surface area contributed by atoms with Crippen molar-refractivity contribution in [3.8, 4) is 11.4 Å². The van der Waals surface area contributed by atoms with E-state index in [1.807, 2.05) is 43.7 Å². The lowest BCUT2D eigenvalue weighted by Gasteiger charge is -2.07. The third kappa shape index (κ3) is 1.48. The molecule has 0 aliphatic heterocycles. The van der Waals surface area contributed by atoms with Crippen LogP contribution in [0.3, 0.4) is 0 Å². The summed E-state index contributed by atoms with van der Waals surface area (Å²) >= 11 is 0. The number of rotatable bonds is 1. The zero-order valence-corrected chi connectivity index (χ0v) is 9.15. The lowest BCUT2D eigenvalue weighted by Crippen LogP contribution is -1.99. The Hall–Kier alpha value is -1.84. The fourth-order valence-electron chi connectivity index (χ4n) is 1.52. The highest BCUT2D eigenvalue weighted by Crippen LogP contribution is 2.26. The van der Waals surface area contributed by atoms with Crippen LogP contribution in [0.15, 0.2) is 18.2 Å². The Morgan fingerprint density at radius 1 is 1.20 bits per heavy atom. The van der Waals surface area contributed by atoms with E-state index in [0.717, 1.165) is 28.5 Å². The first kappa shape index (κ1) is 9.71. The van der Waals surface area contributed by atoms with Gasteiger partial charge in [-0.25, -0.2) is 0 Å². The average molecular weight is 202 g/mol. The molecule has 2 N–H and O–H groups in total. The quantitative estimate of drug-likeness (QED) is 0.716. The van der Waals surface area contributed by atoms with Crippen LogP contribution in [-0.2, 0) is 7.05 Å². The van der Waals surface area contributed by atoms with E-state index in [9.17, 15) is 0 Å². The number of benzene rings is 1. The zero-order valence-electron chi connectivity index (χ0n) is 9.15. The summed E-state index contributed by atoms with van der Waals surface area (Å²) in [6, 6.07) is 5.93. The van der Waals surface area contributed by atoms with Crippen LogP contribution in [0.25, 0.3) is 11.4 Å². The van der Waals surface area contributed by atoms with Gasteiger partial charge in [0.25, 0.3) is 0 Å². The second-order valence-electron chi connectivity index (χ2n) is 3.67. The molecule has 15 heavy (non-hydrogen) atoms. The van der Waals surface area contributed by atoms with Gasteiger partial charge in [-0.05, 0) is 25.5 Å². The molecular formula is C11H14N4. The van der Waals surface area contributed by atoms with Crippen LogP contribution in [0.2, 0.25) is 0 Å². The second-order valence-corrected chi connectivity index (χ2v) is 3.67. The summed E-state index contributed by atoms with van der Waals surface area (Å²) in [7, 11) is 1.94. The molecule has 0 atom stereocenters. The number of hydrogen-bond donors (Lipinski definition) is 1. The zero-order chi connectivity index (χ0) is 11.0. The minimum absolute atomic E-state index is 0.771. The summed E-state index contributed by atoms with van der Waals surface area (Å²) in [5.74, 6) is 1.69. The number of aryl methyl sites for hydroxylation is 2. The van der Waals surface area contributed by atoms with E-state index in [1.54, 1.807) is 0 Å². The molecule has 0 aliphatic carbocycles. The van der Waals surface area contributed by atoms with Gasteiger partial charge in [0.1, 0.15) is 5.82 Å². The van der Waals surface area contributed by atoms with Crippen LogP contribution in [0.4, 0.5) is 5.69 Å². The number of nitrogens with zero attached hydrogens (tertiary/aromatic N) is 3. The maximum absolute atomic E-state index is 6.01. The van der Waals surface area contributed by atoms with Gasteiger partial charge >= 0.3 is 0 Å². The summed E-state index contributed by atoms with van der Waals surface area (Å²) in [6.07, 6.45) is 0. The van der Waals surface area contributed by atoms with Gasteiger partial charge in [0.05, 0.1) is 0 Å². The molecule has 0 amide bonds. The van der Waals surface area contributed by atoms with Gasteiger partial charge in [-0.3, -0.25) is 0 Å². The van der Waals surface area contributed by atoms with Gasteiger partial charge in [0.2, 0.25) is 0 Å². The Balaban J connectivity index is 2.64. The Bertz CT molecular complexity index is 499. The lowest BCUT2D eigenvalue weighted by molar-refractivity contribution is 0.865. The predicted octanol–water partition coefficient (Wildman–Crippen LogP) is 1.68. The van der Waals surface area contributed by atoms with E-state index >= 15 is 0 Å². The summed E-state index contributed by atoms with van der Waals surface area (Å²) in [6.45, 7) is 3.91. The van der Waals surface area contributed by atoms with Crippen molar-refractivity contribution in [1.82, 2.24) is 14.8 Å². The molecular weight excluding hydrogens is 188 g/mol. The van der Waals surface area contributed by atoms with E-state index in [1.165, 1.54) is 0 Å². The molecule has 0 fully saturated rings. The molecule has 0 aliphatic rings. The summed E-state index contributed by atoms with van der Waals surface area (Å²) < 4.78 is 1.94. The molecule has 78 valence electrons. The Morgan fingerprint density at radius 3 is 2.53 bits per heavy atom. The van der Waals surface area contributed by atoms with Crippen molar-refractivity contribution in [3.63, 3.8) is 0 Å². The topological polar surface area (TPSA) is 56.7 Å². The predicted molar refractivity (Wildman–Crippen MR) is 60.3 cm³/mol. The fraction of sp³-hybridized carbons (Fsp3) is 0.273. The van der Waals surface area contributed by atoms with Gasteiger partial charge in [-0.1, -0.05) is 12.1 Å². The summed E-state index contributed by atoms with van der Waals surface area (Å²) in [4.78, 5) is 0. The molecule has 0 saturated heterocycles. The third-order valence-electron chi connectivity index (χ3n) is 2.66. The monoisotopic (exact) mass is 202 g/mol. The van der Waals surface area contributed by atoms with Crippen LogP contribution in [0.1, 0.15) is 11.4 Å². The van der Waals surface area contributed by atoms with Gasteiger partial charge in [0.15, 0.2) is 5.82 Å². The van der Waals surface area contributed by atoms with Crippen molar-refractivity contribution in [2.45, 2.75) is 13.8 Å². The maximum Gasteiger partial charge on any atom is 0.165 e. The lowest BCUT2D eigenvalue weighted by atomic mass is 10.1. The van der Waals surface area contributed by atoms with Gasteiger partial charge in [-0.15, -0.1) is 10.2 Å². The molecule has 1 heterocycles. The Labute approximate surface area is 88.8 Å². The first-order valence-electron chi connectivity index (χ1n) is 4.82. The SMILES string of the molecule is Cc1cccc(-c2nnc(C)n2C)c1N. The van der Waals surface area contributed by atoms with Crippen LogP contribution < -0.4 is 5.73 Å². The fourth-order valence-corrected chi connectivity index (χ4v) is 1.52. The van der Waals surface area contributed by atoms with Crippen molar-refractivity contribution in [3.05, 3.63) is 29.6 Å². The molecule has 2 rings (SSSR count). The molecule has 0 unspecified atom stereocenters. The van der Waals surface area contributed by atoms with Gasteiger partial charge in [-0.2, -0.15) is 0 Å². The number of aromatic nitrogens is 3. The number of nitrogen functional groups attached to an aromatic ring is 1. The van der Waals surface area contributed by atoms with E-state index < -0.39 is 0 Å². The normalized spacial score (nSPS) is 10.6. The summed E-state index contributed by atoms with van der Waals surface area (Å²) in [5.41, 5.74) is 8.79. The van der Waals surface area contributed by atoms with E-state index in [4.69, 9.17) is 5.73 Å². The molecule has 1 aromatic heterocycles.